The third-order valence-electron chi connectivity index (χ3n) is 1.50. The molecule has 0 saturated carbocycles. The number of hydrogen-bond acceptors (Lipinski definition) is 3. The number of rotatable bonds is 0. The molecule has 70 valence electrons. The molecule has 0 aliphatic heterocycles. The Balaban J connectivity index is 4.75. The minimum atomic E-state index is -2.25. The zero-order valence-corrected chi connectivity index (χ0v) is 8.45. The van der Waals surface area contributed by atoms with Crippen LogP contribution in [-0.2, 0) is 14.4 Å². The highest BCUT2D eigenvalue weighted by molar-refractivity contribution is 8.54. The largest absolute Gasteiger partial charge is 0.306 e. The summed E-state index contributed by atoms with van der Waals surface area (Å²) in [5.41, 5.74) is 0. The fraction of sp³-hybridized carbons (Fsp3) is 0.571. The van der Waals surface area contributed by atoms with Crippen LogP contribution in [0.1, 0.15) is 20.8 Å². The molecule has 5 heteroatoms. The fourth-order valence-corrected chi connectivity index (χ4v) is 1.90. The average Bonchev–Trinajstić information content (AvgIpc) is 1.84. The Bertz CT molecular complexity index is 223. The van der Waals surface area contributed by atoms with Gasteiger partial charge in [0, 0.05) is 20.8 Å². The lowest BCUT2D eigenvalue weighted by Crippen LogP contribution is -2.33. The lowest BCUT2D eigenvalue weighted by molar-refractivity contribution is -0.118. The van der Waals surface area contributed by atoms with Gasteiger partial charge in [0.05, 0.1) is 0 Å². The molecule has 1 amide bonds. The summed E-state index contributed by atoms with van der Waals surface area (Å²) in [7, 11) is -2.25. The van der Waals surface area contributed by atoms with Crippen molar-refractivity contribution in [3.63, 3.8) is 0 Å². The van der Waals surface area contributed by atoms with E-state index >= 15 is 0 Å². The normalized spacial score (nSPS) is 12.0. The van der Waals surface area contributed by atoms with Gasteiger partial charge in [-0.2, -0.15) is 0 Å². The second-order valence-electron chi connectivity index (χ2n) is 2.56. The van der Waals surface area contributed by atoms with E-state index in [1.807, 2.05) is 0 Å². The van der Waals surface area contributed by atoms with Gasteiger partial charge in [-0.3, -0.25) is 14.4 Å². The van der Waals surface area contributed by atoms with E-state index in [0.29, 0.717) is 0 Å². The van der Waals surface area contributed by atoms with Crippen LogP contribution in [0.15, 0.2) is 0 Å². The van der Waals surface area contributed by atoms with Gasteiger partial charge in [0.2, 0.25) is 5.91 Å². The molecule has 0 spiro atoms. The minimum Gasteiger partial charge on any atom is -0.306 e. The van der Waals surface area contributed by atoms with Crippen LogP contribution in [-0.4, -0.2) is 22.4 Å². The summed E-state index contributed by atoms with van der Waals surface area (Å²) in [6.45, 7) is 3.91. The molecule has 0 radical (unpaired) electrons. The van der Waals surface area contributed by atoms with Gasteiger partial charge in [-0.25, -0.2) is 0 Å². The second-order valence-corrected chi connectivity index (χ2v) is 5.75. The Labute approximate surface area is 73.2 Å². The van der Waals surface area contributed by atoms with Crippen LogP contribution >= 0.6 is 10.2 Å². The molecule has 0 aromatic rings. The van der Waals surface area contributed by atoms with Crippen molar-refractivity contribution in [2.75, 3.05) is 6.26 Å². The highest BCUT2D eigenvalue weighted by Gasteiger charge is 2.29. The zero-order chi connectivity index (χ0) is 9.94. The van der Waals surface area contributed by atoms with E-state index in [4.69, 9.17) is 0 Å². The molecule has 0 bridgehead atoms. The molecule has 0 aromatic heterocycles. The first-order valence-electron chi connectivity index (χ1n) is 3.38. The molecule has 0 fully saturated rings. The van der Waals surface area contributed by atoms with Crippen molar-refractivity contribution in [3.05, 3.63) is 0 Å². The van der Waals surface area contributed by atoms with E-state index in [1.54, 1.807) is 0 Å². The summed E-state index contributed by atoms with van der Waals surface area (Å²) in [5, 5.41) is -0.546. The van der Waals surface area contributed by atoms with Crippen LogP contribution in [0.3, 0.4) is 0 Å². The van der Waals surface area contributed by atoms with Gasteiger partial charge in [-0.1, -0.05) is 0 Å². The van der Waals surface area contributed by atoms with Crippen molar-refractivity contribution in [2.24, 2.45) is 0 Å². The summed E-state index contributed by atoms with van der Waals surface area (Å²) in [6, 6.07) is 0. The van der Waals surface area contributed by atoms with Crippen molar-refractivity contribution in [3.8, 4) is 0 Å². The standard InChI is InChI=1S/C7H13NO3S/c1-5(9)8-12(4,6(2)10)7(3)11/h1-4H3,(H,8,9). The zero-order valence-electron chi connectivity index (χ0n) is 7.63. The second kappa shape index (κ2) is 3.71. The van der Waals surface area contributed by atoms with E-state index < -0.39 is 10.2 Å². The van der Waals surface area contributed by atoms with Crippen molar-refractivity contribution >= 4 is 26.4 Å². The van der Waals surface area contributed by atoms with Crippen molar-refractivity contribution < 1.29 is 14.4 Å². The van der Waals surface area contributed by atoms with E-state index in [9.17, 15) is 14.4 Å². The minimum absolute atomic E-state index is 0.273. The molecule has 0 heterocycles. The molecule has 0 aromatic carbocycles. The van der Waals surface area contributed by atoms with Crippen LogP contribution in [0, 0.1) is 0 Å². The highest BCUT2D eigenvalue weighted by Crippen LogP contribution is 2.40. The Hall–Kier alpha value is -0.840. The fourth-order valence-electron chi connectivity index (χ4n) is 0.634. The molecule has 0 rings (SSSR count). The summed E-state index contributed by atoms with van der Waals surface area (Å²) < 4.78 is 2.40. The van der Waals surface area contributed by atoms with Crippen molar-refractivity contribution in [2.45, 2.75) is 20.8 Å². The molecule has 1 N–H and O–H groups in total. The van der Waals surface area contributed by atoms with Crippen LogP contribution in [0.25, 0.3) is 0 Å². The molecule has 12 heavy (non-hydrogen) atoms. The number of nitrogens with one attached hydrogen (secondary N) is 1. The van der Waals surface area contributed by atoms with Gasteiger partial charge in [-0.15, -0.1) is 0 Å². The molecular formula is C7H13NO3S. The van der Waals surface area contributed by atoms with Crippen LogP contribution < -0.4 is 4.72 Å². The first-order chi connectivity index (χ1) is 5.30. The third kappa shape index (κ3) is 2.34. The van der Waals surface area contributed by atoms with Gasteiger partial charge in [-0.05, 0) is 16.5 Å². The number of amides is 1. The van der Waals surface area contributed by atoms with Gasteiger partial charge in [0.25, 0.3) is 0 Å². The number of carbonyl (C=O) groups excluding carboxylic acids is 3. The summed E-state index contributed by atoms with van der Waals surface area (Å²) in [4.78, 5) is 32.8. The number of hydrogen-bond donors (Lipinski definition) is 1. The Kier molecular flexibility index (Phi) is 3.45. The Morgan fingerprint density at radius 3 is 1.42 bits per heavy atom. The summed E-state index contributed by atoms with van der Waals surface area (Å²) in [5.74, 6) is -0.349. The molecule has 0 unspecified atom stereocenters. The highest BCUT2D eigenvalue weighted by atomic mass is 32.3. The van der Waals surface area contributed by atoms with Gasteiger partial charge in [0.15, 0.2) is 10.2 Å². The first-order valence-corrected chi connectivity index (χ1v) is 5.42. The molecule has 0 atom stereocenters. The van der Waals surface area contributed by atoms with Crippen LogP contribution in [0.2, 0.25) is 0 Å². The summed E-state index contributed by atoms with van der Waals surface area (Å²) in [6.07, 6.45) is 1.49. The molecule has 4 nitrogen and oxygen atoms in total. The maximum atomic E-state index is 11.0. The maximum absolute atomic E-state index is 11.0. The maximum Gasteiger partial charge on any atom is 0.226 e. The van der Waals surface area contributed by atoms with Gasteiger partial charge < -0.3 is 4.72 Å². The van der Waals surface area contributed by atoms with E-state index in [1.165, 1.54) is 27.0 Å². The average molecular weight is 191 g/mol. The van der Waals surface area contributed by atoms with E-state index in [-0.39, 0.29) is 16.1 Å². The predicted octanol–water partition coefficient (Wildman–Crippen LogP) is 0.565. The quantitative estimate of drug-likeness (QED) is 0.608. The Morgan fingerprint density at radius 1 is 1.00 bits per heavy atom. The van der Waals surface area contributed by atoms with Crippen LogP contribution in [0.5, 0.6) is 0 Å². The molecule has 0 aliphatic rings. The lowest BCUT2D eigenvalue weighted by atomic mass is 10.8. The van der Waals surface area contributed by atoms with Gasteiger partial charge in [0.1, 0.15) is 0 Å². The SMILES string of the molecule is CC(=O)NS(C)(C(C)=O)C(C)=O. The smallest absolute Gasteiger partial charge is 0.226 e. The summed E-state index contributed by atoms with van der Waals surface area (Å²) >= 11 is 0. The molecule has 0 saturated heterocycles. The lowest BCUT2D eigenvalue weighted by Gasteiger charge is -2.29. The van der Waals surface area contributed by atoms with E-state index in [0.717, 1.165) is 0 Å². The third-order valence-corrected chi connectivity index (χ3v) is 4.49. The van der Waals surface area contributed by atoms with Crippen molar-refractivity contribution in [1.29, 1.82) is 0 Å². The topological polar surface area (TPSA) is 63.2 Å². The number of carbonyl (C=O) groups is 3. The first kappa shape index (κ1) is 11.2. The Morgan fingerprint density at radius 2 is 1.33 bits per heavy atom. The van der Waals surface area contributed by atoms with Gasteiger partial charge >= 0.3 is 0 Å². The monoisotopic (exact) mass is 191 g/mol. The van der Waals surface area contributed by atoms with E-state index in [2.05, 4.69) is 4.72 Å². The predicted molar refractivity (Wildman–Crippen MR) is 48.7 cm³/mol. The van der Waals surface area contributed by atoms with Crippen LogP contribution in [0.4, 0.5) is 0 Å². The molecule has 0 aliphatic carbocycles. The van der Waals surface area contributed by atoms with Crippen molar-refractivity contribution in [1.82, 2.24) is 4.72 Å². The molecular weight excluding hydrogens is 178 g/mol.